The summed E-state index contributed by atoms with van der Waals surface area (Å²) in [6, 6.07) is 15.3. The van der Waals surface area contributed by atoms with Crippen molar-refractivity contribution in [3.8, 4) is 17.1 Å². The lowest BCUT2D eigenvalue weighted by Gasteiger charge is -2.20. The van der Waals surface area contributed by atoms with E-state index in [1.807, 2.05) is 37.3 Å². The lowest BCUT2D eigenvalue weighted by Crippen LogP contribution is -2.15. The van der Waals surface area contributed by atoms with Crippen molar-refractivity contribution in [3.05, 3.63) is 80.9 Å². The lowest BCUT2D eigenvalue weighted by molar-refractivity contribution is 0.257. The zero-order valence-corrected chi connectivity index (χ0v) is 22.0. The van der Waals surface area contributed by atoms with Crippen molar-refractivity contribution in [3.63, 3.8) is 0 Å². The van der Waals surface area contributed by atoms with E-state index in [1.165, 1.54) is 11.6 Å². The normalized spacial score (nSPS) is 12.7. The third kappa shape index (κ3) is 5.97. The SMILES string of the molecule is Cc1cc(OCCCC(CCO)c2nc(-c3ccc(C(C)(C)C)cc3)nc3cc(=O)[nH]n23)ccc1Cl. The number of aromatic nitrogens is 4. The van der Waals surface area contributed by atoms with Crippen molar-refractivity contribution in [2.75, 3.05) is 13.2 Å². The summed E-state index contributed by atoms with van der Waals surface area (Å²) >= 11 is 6.10. The van der Waals surface area contributed by atoms with Crippen molar-refractivity contribution in [2.24, 2.45) is 0 Å². The van der Waals surface area contributed by atoms with Crippen LogP contribution in [-0.2, 0) is 5.41 Å². The summed E-state index contributed by atoms with van der Waals surface area (Å²) in [6.45, 7) is 8.98. The number of rotatable bonds is 9. The molecular formula is C28H33ClN4O3. The minimum absolute atomic E-state index is 0.00845. The minimum Gasteiger partial charge on any atom is -0.494 e. The van der Waals surface area contributed by atoms with Crippen LogP contribution in [0.25, 0.3) is 17.0 Å². The Morgan fingerprint density at radius 3 is 2.50 bits per heavy atom. The number of nitrogens with one attached hydrogen (secondary N) is 1. The summed E-state index contributed by atoms with van der Waals surface area (Å²) in [5, 5.41) is 13.3. The quantitative estimate of drug-likeness (QED) is 0.284. The molecule has 0 saturated carbocycles. The molecular weight excluding hydrogens is 476 g/mol. The van der Waals surface area contributed by atoms with Gasteiger partial charge in [-0.05, 0) is 60.9 Å². The van der Waals surface area contributed by atoms with Crippen LogP contribution in [0.5, 0.6) is 5.75 Å². The number of aliphatic hydroxyl groups is 1. The van der Waals surface area contributed by atoms with Crippen LogP contribution >= 0.6 is 11.6 Å². The molecule has 1 unspecified atom stereocenters. The van der Waals surface area contributed by atoms with E-state index in [0.29, 0.717) is 35.3 Å². The van der Waals surface area contributed by atoms with Gasteiger partial charge in [0, 0.05) is 29.2 Å². The number of hydrogen-bond acceptors (Lipinski definition) is 5. The van der Waals surface area contributed by atoms with Crippen LogP contribution in [0.3, 0.4) is 0 Å². The average molecular weight is 509 g/mol. The number of aryl methyl sites for hydroxylation is 1. The van der Waals surface area contributed by atoms with Gasteiger partial charge in [-0.2, -0.15) is 0 Å². The Hall–Kier alpha value is -3.16. The van der Waals surface area contributed by atoms with Crippen LogP contribution in [0.4, 0.5) is 0 Å². The van der Waals surface area contributed by atoms with E-state index in [9.17, 15) is 9.90 Å². The van der Waals surface area contributed by atoms with E-state index in [2.05, 4.69) is 43.0 Å². The maximum absolute atomic E-state index is 12.2. The summed E-state index contributed by atoms with van der Waals surface area (Å²) in [7, 11) is 0. The fourth-order valence-corrected chi connectivity index (χ4v) is 4.36. The Balaban J connectivity index is 1.58. The average Bonchev–Trinajstić information content (AvgIpc) is 3.22. The molecule has 0 saturated heterocycles. The van der Waals surface area contributed by atoms with Gasteiger partial charge in [0.1, 0.15) is 11.6 Å². The molecule has 8 heteroatoms. The van der Waals surface area contributed by atoms with Gasteiger partial charge >= 0.3 is 0 Å². The highest BCUT2D eigenvalue weighted by atomic mass is 35.5. The van der Waals surface area contributed by atoms with Gasteiger partial charge in [-0.3, -0.25) is 9.89 Å². The van der Waals surface area contributed by atoms with E-state index < -0.39 is 0 Å². The number of ether oxygens (including phenoxy) is 1. The molecule has 7 nitrogen and oxygen atoms in total. The van der Waals surface area contributed by atoms with Crippen LogP contribution in [0, 0.1) is 6.92 Å². The van der Waals surface area contributed by atoms with E-state index in [1.54, 1.807) is 4.52 Å². The molecule has 1 atom stereocenters. The molecule has 190 valence electrons. The summed E-state index contributed by atoms with van der Waals surface area (Å²) < 4.78 is 7.55. The highest BCUT2D eigenvalue weighted by Gasteiger charge is 2.20. The number of benzene rings is 2. The molecule has 0 aliphatic carbocycles. The maximum Gasteiger partial charge on any atom is 0.266 e. The van der Waals surface area contributed by atoms with Crippen molar-refractivity contribution in [2.45, 2.75) is 58.3 Å². The monoisotopic (exact) mass is 508 g/mol. The largest absolute Gasteiger partial charge is 0.494 e. The number of fused-ring (bicyclic) bond motifs is 1. The molecule has 0 aliphatic rings. The predicted molar refractivity (Wildman–Crippen MR) is 143 cm³/mol. The second kappa shape index (κ2) is 10.8. The van der Waals surface area contributed by atoms with E-state index in [0.717, 1.165) is 29.7 Å². The molecule has 2 aromatic carbocycles. The molecule has 0 radical (unpaired) electrons. The number of H-pyrrole nitrogens is 1. The molecule has 2 N–H and O–H groups in total. The van der Waals surface area contributed by atoms with Crippen molar-refractivity contribution >= 4 is 17.2 Å². The topological polar surface area (TPSA) is 92.5 Å². The van der Waals surface area contributed by atoms with Crippen molar-refractivity contribution in [1.29, 1.82) is 0 Å². The van der Waals surface area contributed by atoms with Gasteiger partial charge < -0.3 is 9.84 Å². The van der Waals surface area contributed by atoms with Gasteiger partial charge in [0.2, 0.25) is 0 Å². The predicted octanol–water partition coefficient (Wildman–Crippen LogP) is 5.67. The maximum atomic E-state index is 12.2. The number of halogens is 1. The molecule has 0 aliphatic heterocycles. The molecule has 2 heterocycles. The second-order valence-electron chi connectivity index (χ2n) is 10.2. The minimum atomic E-state index is -0.241. The molecule has 0 amide bonds. The van der Waals surface area contributed by atoms with E-state index in [-0.39, 0.29) is 23.5 Å². The molecule has 4 rings (SSSR count). The van der Waals surface area contributed by atoms with Gasteiger partial charge in [-0.25, -0.2) is 14.5 Å². The van der Waals surface area contributed by atoms with Crippen LogP contribution in [-0.4, -0.2) is 37.9 Å². The standard InChI is InChI=1S/C28H33ClN4O3/c1-18-16-22(11-12-23(18)29)36-15-5-6-20(13-14-34)27-31-26(30-24-17-25(35)32-33(24)27)19-7-9-21(10-8-19)28(2,3)4/h7-12,16-17,20,34H,5-6,13-15H2,1-4H3,(H,32,35). The Morgan fingerprint density at radius 2 is 1.83 bits per heavy atom. The zero-order valence-electron chi connectivity index (χ0n) is 21.2. The number of nitrogens with zero attached hydrogens (tertiary/aromatic N) is 3. The number of hydrogen-bond donors (Lipinski definition) is 2. The third-order valence-electron chi connectivity index (χ3n) is 6.33. The first-order valence-electron chi connectivity index (χ1n) is 12.3. The van der Waals surface area contributed by atoms with Crippen molar-refractivity contribution < 1.29 is 9.84 Å². The second-order valence-corrected chi connectivity index (χ2v) is 10.6. The Bertz CT molecular complexity index is 1390. The molecule has 4 aromatic rings. The first-order chi connectivity index (χ1) is 17.2. The molecule has 0 bridgehead atoms. The van der Waals surface area contributed by atoms with Gasteiger partial charge in [0.25, 0.3) is 5.56 Å². The van der Waals surface area contributed by atoms with Crippen LogP contribution < -0.4 is 10.3 Å². The Labute approximate surface area is 216 Å². The summed E-state index contributed by atoms with van der Waals surface area (Å²) in [5.41, 5.74) is 3.38. The smallest absolute Gasteiger partial charge is 0.266 e. The van der Waals surface area contributed by atoms with Gasteiger partial charge in [0.15, 0.2) is 11.5 Å². The summed E-state index contributed by atoms with van der Waals surface area (Å²) in [6.07, 6.45) is 1.98. The Kier molecular flexibility index (Phi) is 7.81. The highest BCUT2D eigenvalue weighted by Crippen LogP contribution is 2.28. The van der Waals surface area contributed by atoms with Crippen LogP contribution in [0.15, 0.2) is 53.3 Å². The summed E-state index contributed by atoms with van der Waals surface area (Å²) in [4.78, 5) is 21.7. The van der Waals surface area contributed by atoms with E-state index in [4.69, 9.17) is 21.3 Å². The zero-order chi connectivity index (χ0) is 25.9. The van der Waals surface area contributed by atoms with Crippen LogP contribution in [0.1, 0.15) is 62.9 Å². The lowest BCUT2D eigenvalue weighted by atomic mass is 9.86. The van der Waals surface area contributed by atoms with Gasteiger partial charge in [0.05, 0.1) is 6.61 Å². The van der Waals surface area contributed by atoms with Crippen LogP contribution in [0.2, 0.25) is 5.02 Å². The first kappa shape index (κ1) is 25.9. The number of aromatic amines is 1. The van der Waals surface area contributed by atoms with Gasteiger partial charge in [-0.15, -0.1) is 0 Å². The fourth-order valence-electron chi connectivity index (χ4n) is 4.24. The fraction of sp³-hybridized carbons (Fsp3) is 0.393. The summed E-state index contributed by atoms with van der Waals surface area (Å²) in [5.74, 6) is 1.91. The third-order valence-corrected chi connectivity index (χ3v) is 6.75. The van der Waals surface area contributed by atoms with Gasteiger partial charge in [-0.1, -0.05) is 56.6 Å². The first-order valence-corrected chi connectivity index (χ1v) is 12.6. The van der Waals surface area contributed by atoms with Crippen molar-refractivity contribution in [1.82, 2.24) is 19.6 Å². The molecule has 0 fully saturated rings. The highest BCUT2D eigenvalue weighted by molar-refractivity contribution is 6.31. The van der Waals surface area contributed by atoms with E-state index >= 15 is 0 Å². The number of aliphatic hydroxyl groups excluding tert-OH is 1. The molecule has 2 aromatic heterocycles. The molecule has 36 heavy (non-hydrogen) atoms. The Morgan fingerprint density at radius 1 is 1.08 bits per heavy atom. The molecule has 0 spiro atoms.